The Balaban J connectivity index is 1.70. The first kappa shape index (κ1) is 16.6. The Kier molecular flexibility index (Phi) is 6.78. The fourth-order valence-corrected chi connectivity index (χ4v) is 2.59. The monoisotopic (exact) mass is 293 g/mol. The van der Waals surface area contributed by atoms with Gasteiger partial charge in [0.1, 0.15) is 18.1 Å². The van der Waals surface area contributed by atoms with Crippen molar-refractivity contribution in [1.82, 2.24) is 5.32 Å². The molecular weight excluding hydrogens is 262 g/mol. The summed E-state index contributed by atoms with van der Waals surface area (Å²) in [4.78, 5) is 0. The van der Waals surface area contributed by atoms with Gasteiger partial charge >= 0.3 is 0 Å². The van der Waals surface area contributed by atoms with E-state index in [4.69, 9.17) is 9.15 Å². The van der Waals surface area contributed by atoms with Crippen molar-refractivity contribution in [2.75, 3.05) is 6.61 Å². The third kappa shape index (κ3) is 5.84. The van der Waals surface area contributed by atoms with E-state index in [2.05, 4.69) is 32.2 Å². The highest BCUT2D eigenvalue weighted by Gasteiger charge is 2.21. The maximum absolute atomic E-state index is 5.90. The van der Waals surface area contributed by atoms with Crippen molar-refractivity contribution < 1.29 is 9.15 Å². The molecule has 3 nitrogen and oxygen atoms in total. The molecule has 0 aliphatic heterocycles. The van der Waals surface area contributed by atoms with Crippen LogP contribution in [0.4, 0.5) is 0 Å². The summed E-state index contributed by atoms with van der Waals surface area (Å²) in [6.07, 6.45) is 7.68. The van der Waals surface area contributed by atoms with Crippen LogP contribution in [0, 0.1) is 12.8 Å². The first-order valence-electron chi connectivity index (χ1n) is 8.62. The molecule has 0 amide bonds. The van der Waals surface area contributed by atoms with E-state index in [-0.39, 0.29) is 0 Å². The van der Waals surface area contributed by atoms with Gasteiger partial charge < -0.3 is 14.5 Å². The Morgan fingerprint density at radius 3 is 2.86 bits per heavy atom. The molecule has 120 valence electrons. The van der Waals surface area contributed by atoms with Crippen LogP contribution in [0.3, 0.4) is 0 Å². The Bertz CT molecular complexity index is 409. The van der Waals surface area contributed by atoms with Gasteiger partial charge in [-0.15, -0.1) is 0 Å². The number of ether oxygens (including phenoxy) is 1. The third-order valence-electron chi connectivity index (χ3n) is 4.34. The number of unbranched alkanes of at least 4 members (excludes halogenated alkanes) is 1. The Hall–Kier alpha value is -0.800. The maximum Gasteiger partial charge on any atom is 0.130 e. The average molecular weight is 293 g/mol. The Morgan fingerprint density at radius 2 is 2.19 bits per heavy atom. The zero-order chi connectivity index (χ0) is 15.1. The summed E-state index contributed by atoms with van der Waals surface area (Å²) >= 11 is 0. The summed E-state index contributed by atoms with van der Waals surface area (Å²) in [7, 11) is 0. The van der Waals surface area contributed by atoms with Crippen LogP contribution in [0.5, 0.6) is 0 Å². The molecule has 1 saturated carbocycles. The molecule has 1 heterocycles. The highest BCUT2D eigenvalue weighted by Crippen LogP contribution is 2.21. The van der Waals surface area contributed by atoms with Crippen LogP contribution < -0.4 is 5.32 Å². The number of rotatable bonds is 11. The molecule has 0 saturated heterocycles. The van der Waals surface area contributed by atoms with Crippen molar-refractivity contribution in [2.24, 2.45) is 5.92 Å². The average Bonchev–Trinajstić information content (AvgIpc) is 3.24. The summed E-state index contributed by atoms with van der Waals surface area (Å²) < 4.78 is 11.8. The summed E-state index contributed by atoms with van der Waals surface area (Å²) in [5.41, 5.74) is 1.24. The van der Waals surface area contributed by atoms with Gasteiger partial charge in [-0.1, -0.05) is 33.1 Å². The van der Waals surface area contributed by atoms with Crippen molar-refractivity contribution in [3.63, 3.8) is 0 Å². The van der Waals surface area contributed by atoms with E-state index in [0.717, 1.165) is 30.7 Å². The van der Waals surface area contributed by atoms with E-state index in [1.54, 1.807) is 0 Å². The molecular formula is C18H31NO2. The standard InChI is InChI=1S/C18H31NO2/c1-4-6-7-15(5-2)12-20-13-17-10-14(3)18(21-17)11-19-16-8-9-16/h10,15-16,19H,4-9,11-13H2,1-3H3. The molecule has 21 heavy (non-hydrogen) atoms. The molecule has 1 aromatic heterocycles. The maximum atomic E-state index is 5.90. The molecule has 1 aromatic rings. The number of furan rings is 1. The Labute approximate surface area is 129 Å². The third-order valence-corrected chi connectivity index (χ3v) is 4.34. The summed E-state index contributed by atoms with van der Waals surface area (Å²) in [6.45, 7) is 8.93. The lowest BCUT2D eigenvalue weighted by molar-refractivity contribution is 0.0702. The van der Waals surface area contributed by atoms with Crippen molar-refractivity contribution in [3.8, 4) is 0 Å². The molecule has 1 fully saturated rings. The minimum atomic E-state index is 0.604. The first-order chi connectivity index (χ1) is 10.2. The van der Waals surface area contributed by atoms with Crippen molar-refractivity contribution >= 4 is 0 Å². The fourth-order valence-electron chi connectivity index (χ4n) is 2.59. The molecule has 1 atom stereocenters. The largest absolute Gasteiger partial charge is 0.462 e. The van der Waals surface area contributed by atoms with Crippen LogP contribution in [0.1, 0.15) is 69.5 Å². The lowest BCUT2D eigenvalue weighted by atomic mass is 10.0. The van der Waals surface area contributed by atoms with Gasteiger partial charge in [0.2, 0.25) is 0 Å². The molecule has 1 unspecified atom stereocenters. The summed E-state index contributed by atoms with van der Waals surface area (Å²) in [6, 6.07) is 2.84. The van der Waals surface area contributed by atoms with Gasteiger partial charge in [-0.3, -0.25) is 0 Å². The second-order valence-corrected chi connectivity index (χ2v) is 6.41. The number of hydrogen-bond acceptors (Lipinski definition) is 3. The van der Waals surface area contributed by atoms with E-state index >= 15 is 0 Å². The van der Waals surface area contributed by atoms with Crippen molar-refractivity contribution in [3.05, 3.63) is 23.2 Å². The second kappa shape index (κ2) is 8.60. The number of nitrogens with one attached hydrogen (secondary N) is 1. The number of hydrogen-bond donors (Lipinski definition) is 1. The van der Waals surface area contributed by atoms with Gasteiger partial charge in [0.25, 0.3) is 0 Å². The molecule has 1 N–H and O–H groups in total. The van der Waals surface area contributed by atoms with Crippen LogP contribution in [0.15, 0.2) is 10.5 Å². The highest BCUT2D eigenvalue weighted by molar-refractivity contribution is 5.19. The quantitative estimate of drug-likeness (QED) is 0.649. The lowest BCUT2D eigenvalue weighted by Gasteiger charge is -2.13. The van der Waals surface area contributed by atoms with Gasteiger partial charge in [0.15, 0.2) is 0 Å². The molecule has 1 aliphatic carbocycles. The predicted octanol–water partition coefficient (Wildman–Crippen LogP) is 4.57. The summed E-state index contributed by atoms with van der Waals surface area (Å²) in [5, 5.41) is 3.50. The van der Waals surface area contributed by atoms with Gasteiger partial charge in [-0.2, -0.15) is 0 Å². The van der Waals surface area contributed by atoms with Crippen molar-refractivity contribution in [1.29, 1.82) is 0 Å². The Morgan fingerprint density at radius 1 is 1.38 bits per heavy atom. The van der Waals surface area contributed by atoms with E-state index in [1.165, 1.54) is 44.1 Å². The van der Waals surface area contributed by atoms with Gasteiger partial charge in [0.05, 0.1) is 6.54 Å². The van der Waals surface area contributed by atoms with Gasteiger partial charge in [-0.05, 0) is 43.7 Å². The predicted molar refractivity (Wildman–Crippen MR) is 86.3 cm³/mol. The topological polar surface area (TPSA) is 34.4 Å². The molecule has 0 bridgehead atoms. The first-order valence-corrected chi connectivity index (χ1v) is 8.62. The normalized spacial score (nSPS) is 16.3. The molecule has 0 aromatic carbocycles. The molecule has 0 radical (unpaired) electrons. The molecule has 3 heteroatoms. The van der Waals surface area contributed by atoms with E-state index in [0.29, 0.717) is 12.5 Å². The van der Waals surface area contributed by atoms with Gasteiger partial charge in [-0.25, -0.2) is 0 Å². The SMILES string of the molecule is CCCCC(CC)COCc1cc(C)c(CNC2CC2)o1. The lowest BCUT2D eigenvalue weighted by Crippen LogP contribution is -2.15. The minimum Gasteiger partial charge on any atom is -0.462 e. The summed E-state index contributed by atoms with van der Waals surface area (Å²) in [5.74, 6) is 2.72. The second-order valence-electron chi connectivity index (χ2n) is 6.41. The highest BCUT2D eigenvalue weighted by atomic mass is 16.5. The zero-order valence-electron chi connectivity index (χ0n) is 13.9. The van der Waals surface area contributed by atoms with E-state index in [9.17, 15) is 0 Å². The van der Waals surface area contributed by atoms with Crippen molar-refractivity contribution in [2.45, 2.75) is 78.5 Å². The van der Waals surface area contributed by atoms with Crippen LogP contribution in [0.25, 0.3) is 0 Å². The smallest absolute Gasteiger partial charge is 0.130 e. The van der Waals surface area contributed by atoms with E-state index in [1.807, 2.05) is 0 Å². The van der Waals surface area contributed by atoms with Gasteiger partial charge in [0, 0.05) is 12.6 Å². The molecule has 2 rings (SSSR count). The number of aryl methyl sites for hydroxylation is 1. The van der Waals surface area contributed by atoms with Crippen LogP contribution in [0.2, 0.25) is 0 Å². The van der Waals surface area contributed by atoms with E-state index < -0.39 is 0 Å². The zero-order valence-corrected chi connectivity index (χ0v) is 13.9. The fraction of sp³-hybridized carbons (Fsp3) is 0.778. The molecule has 0 spiro atoms. The van der Waals surface area contributed by atoms with Crippen LogP contribution in [-0.4, -0.2) is 12.6 Å². The molecule has 1 aliphatic rings. The van der Waals surface area contributed by atoms with Crippen LogP contribution in [-0.2, 0) is 17.9 Å². The minimum absolute atomic E-state index is 0.604. The van der Waals surface area contributed by atoms with Crippen LogP contribution >= 0.6 is 0 Å².